The van der Waals surface area contributed by atoms with E-state index in [1.165, 1.54) is 4.88 Å². The van der Waals surface area contributed by atoms with Crippen LogP contribution in [0.3, 0.4) is 0 Å². The number of benzene rings is 1. The summed E-state index contributed by atoms with van der Waals surface area (Å²) >= 11 is 5.32. The van der Waals surface area contributed by atoms with Gasteiger partial charge in [0.25, 0.3) is 0 Å². The lowest BCUT2D eigenvalue weighted by molar-refractivity contribution is 0.270. The Bertz CT molecular complexity index is 472. The number of thiophene rings is 1. The predicted molar refractivity (Wildman–Crippen MR) is 80.4 cm³/mol. The standard InChI is InChI=1S/C14H16BrNOS/c1-2-16-13(14-12(15)8-9-18-14)10-17-11-6-4-3-5-7-11/h3-9,13,16H,2,10H2,1H3. The summed E-state index contributed by atoms with van der Waals surface area (Å²) in [7, 11) is 0. The number of nitrogens with one attached hydrogen (secondary N) is 1. The second-order valence-corrected chi connectivity index (χ2v) is 5.67. The highest BCUT2D eigenvalue weighted by atomic mass is 79.9. The van der Waals surface area contributed by atoms with Crippen LogP contribution in [0.25, 0.3) is 0 Å². The summed E-state index contributed by atoms with van der Waals surface area (Å²) in [5.74, 6) is 0.910. The van der Waals surface area contributed by atoms with E-state index < -0.39 is 0 Å². The molecule has 1 unspecified atom stereocenters. The molecule has 0 aliphatic rings. The SMILES string of the molecule is CCNC(COc1ccccc1)c1sccc1Br. The van der Waals surface area contributed by atoms with Gasteiger partial charge in [-0.05, 0) is 46.1 Å². The Morgan fingerprint density at radius 3 is 2.67 bits per heavy atom. The van der Waals surface area contributed by atoms with Crippen LogP contribution in [0.5, 0.6) is 5.75 Å². The van der Waals surface area contributed by atoms with Crippen LogP contribution >= 0.6 is 27.3 Å². The molecule has 2 nitrogen and oxygen atoms in total. The fourth-order valence-corrected chi connectivity index (χ4v) is 3.43. The topological polar surface area (TPSA) is 21.3 Å². The van der Waals surface area contributed by atoms with Crippen LogP contribution < -0.4 is 10.1 Å². The fraction of sp³-hybridized carbons (Fsp3) is 0.286. The third-order valence-electron chi connectivity index (χ3n) is 2.57. The zero-order valence-electron chi connectivity index (χ0n) is 10.2. The number of para-hydroxylation sites is 1. The zero-order chi connectivity index (χ0) is 12.8. The first-order chi connectivity index (χ1) is 8.81. The van der Waals surface area contributed by atoms with Crippen LogP contribution in [0.4, 0.5) is 0 Å². The van der Waals surface area contributed by atoms with Crippen LogP contribution in [0.15, 0.2) is 46.3 Å². The van der Waals surface area contributed by atoms with Crippen molar-refractivity contribution in [1.82, 2.24) is 5.32 Å². The van der Waals surface area contributed by atoms with E-state index in [1.807, 2.05) is 30.3 Å². The van der Waals surface area contributed by atoms with Gasteiger partial charge in [0.2, 0.25) is 0 Å². The molecule has 2 aromatic rings. The van der Waals surface area contributed by atoms with Crippen molar-refractivity contribution < 1.29 is 4.74 Å². The smallest absolute Gasteiger partial charge is 0.119 e. The highest BCUT2D eigenvalue weighted by Gasteiger charge is 2.15. The molecular formula is C14H16BrNOS. The van der Waals surface area contributed by atoms with Crippen LogP contribution in [-0.2, 0) is 0 Å². The van der Waals surface area contributed by atoms with Crippen molar-refractivity contribution in [3.8, 4) is 5.75 Å². The highest BCUT2D eigenvalue weighted by Crippen LogP contribution is 2.29. The number of halogens is 1. The Morgan fingerprint density at radius 1 is 1.28 bits per heavy atom. The minimum Gasteiger partial charge on any atom is -0.492 e. The van der Waals surface area contributed by atoms with Crippen molar-refractivity contribution in [1.29, 1.82) is 0 Å². The normalized spacial score (nSPS) is 12.3. The molecule has 1 aromatic carbocycles. The Kier molecular flexibility index (Phi) is 5.23. The second kappa shape index (κ2) is 6.92. The maximum atomic E-state index is 5.82. The van der Waals surface area contributed by atoms with Gasteiger partial charge in [-0.3, -0.25) is 0 Å². The minimum absolute atomic E-state index is 0.226. The molecule has 0 saturated heterocycles. The van der Waals surface area contributed by atoms with Gasteiger partial charge in [0.15, 0.2) is 0 Å². The van der Waals surface area contributed by atoms with E-state index in [-0.39, 0.29) is 6.04 Å². The van der Waals surface area contributed by atoms with Crippen molar-refractivity contribution in [2.45, 2.75) is 13.0 Å². The molecule has 0 aliphatic carbocycles. The summed E-state index contributed by atoms with van der Waals surface area (Å²) in [6, 6.07) is 12.2. The van der Waals surface area contributed by atoms with Crippen molar-refractivity contribution >= 4 is 27.3 Å². The van der Waals surface area contributed by atoms with E-state index in [1.54, 1.807) is 11.3 Å². The van der Waals surface area contributed by atoms with Gasteiger partial charge in [0.1, 0.15) is 12.4 Å². The van der Waals surface area contributed by atoms with Gasteiger partial charge in [-0.25, -0.2) is 0 Å². The zero-order valence-corrected chi connectivity index (χ0v) is 12.6. The molecule has 4 heteroatoms. The Balaban J connectivity index is 2.01. The first-order valence-corrected chi connectivity index (χ1v) is 7.62. The Labute approximate surface area is 120 Å². The van der Waals surface area contributed by atoms with E-state index in [4.69, 9.17) is 4.74 Å². The van der Waals surface area contributed by atoms with Gasteiger partial charge in [-0.2, -0.15) is 0 Å². The lowest BCUT2D eigenvalue weighted by atomic mass is 10.2. The van der Waals surface area contributed by atoms with Gasteiger partial charge < -0.3 is 10.1 Å². The van der Waals surface area contributed by atoms with E-state index >= 15 is 0 Å². The molecule has 0 saturated carbocycles. The molecule has 0 spiro atoms. The largest absolute Gasteiger partial charge is 0.492 e. The summed E-state index contributed by atoms with van der Waals surface area (Å²) in [6.07, 6.45) is 0. The fourth-order valence-electron chi connectivity index (χ4n) is 1.72. The van der Waals surface area contributed by atoms with Crippen LogP contribution in [0.1, 0.15) is 17.8 Å². The van der Waals surface area contributed by atoms with Crippen LogP contribution in [-0.4, -0.2) is 13.2 Å². The number of rotatable bonds is 6. The highest BCUT2D eigenvalue weighted by molar-refractivity contribution is 9.10. The lowest BCUT2D eigenvalue weighted by Crippen LogP contribution is -2.26. The Morgan fingerprint density at radius 2 is 2.06 bits per heavy atom. The summed E-state index contributed by atoms with van der Waals surface area (Å²) in [5.41, 5.74) is 0. The third kappa shape index (κ3) is 3.57. The third-order valence-corrected chi connectivity index (χ3v) is 4.56. The molecule has 0 bridgehead atoms. The monoisotopic (exact) mass is 325 g/mol. The predicted octanol–water partition coefficient (Wildman–Crippen LogP) is 4.24. The number of hydrogen-bond donors (Lipinski definition) is 1. The van der Waals surface area contributed by atoms with Crippen molar-refractivity contribution in [2.75, 3.05) is 13.2 Å². The summed E-state index contributed by atoms with van der Waals surface area (Å²) < 4.78 is 6.97. The minimum atomic E-state index is 0.226. The quantitative estimate of drug-likeness (QED) is 0.857. The summed E-state index contributed by atoms with van der Waals surface area (Å²) in [6.45, 7) is 3.67. The average Bonchev–Trinajstić information content (AvgIpc) is 2.82. The van der Waals surface area contributed by atoms with Crippen molar-refractivity contribution in [2.24, 2.45) is 0 Å². The summed E-state index contributed by atoms with van der Waals surface area (Å²) in [5, 5.41) is 5.54. The molecule has 0 amide bonds. The number of ether oxygens (including phenoxy) is 1. The van der Waals surface area contributed by atoms with E-state index in [0.29, 0.717) is 6.61 Å². The average molecular weight is 326 g/mol. The molecule has 96 valence electrons. The van der Waals surface area contributed by atoms with E-state index in [9.17, 15) is 0 Å². The first-order valence-electron chi connectivity index (χ1n) is 5.95. The van der Waals surface area contributed by atoms with Gasteiger partial charge in [-0.1, -0.05) is 25.1 Å². The lowest BCUT2D eigenvalue weighted by Gasteiger charge is -2.18. The molecule has 0 radical (unpaired) electrons. The second-order valence-electron chi connectivity index (χ2n) is 3.87. The molecule has 1 heterocycles. The maximum absolute atomic E-state index is 5.82. The molecule has 1 atom stereocenters. The van der Waals surface area contributed by atoms with Gasteiger partial charge in [0.05, 0.1) is 6.04 Å². The van der Waals surface area contributed by atoms with Crippen LogP contribution in [0.2, 0.25) is 0 Å². The van der Waals surface area contributed by atoms with Gasteiger partial charge in [-0.15, -0.1) is 11.3 Å². The summed E-state index contributed by atoms with van der Waals surface area (Å²) in [4.78, 5) is 1.28. The molecule has 0 aliphatic heterocycles. The first kappa shape index (κ1) is 13.6. The maximum Gasteiger partial charge on any atom is 0.119 e. The molecule has 18 heavy (non-hydrogen) atoms. The molecular weight excluding hydrogens is 310 g/mol. The Hall–Kier alpha value is -0.840. The van der Waals surface area contributed by atoms with Gasteiger partial charge >= 0.3 is 0 Å². The van der Waals surface area contributed by atoms with Crippen molar-refractivity contribution in [3.05, 3.63) is 51.1 Å². The molecule has 1 aromatic heterocycles. The van der Waals surface area contributed by atoms with Crippen molar-refractivity contribution in [3.63, 3.8) is 0 Å². The molecule has 0 fully saturated rings. The van der Waals surface area contributed by atoms with Gasteiger partial charge in [0, 0.05) is 9.35 Å². The number of hydrogen-bond acceptors (Lipinski definition) is 3. The van der Waals surface area contributed by atoms with E-state index in [2.05, 4.69) is 39.6 Å². The molecule has 2 rings (SSSR count). The van der Waals surface area contributed by atoms with E-state index in [0.717, 1.165) is 16.8 Å². The molecule has 1 N–H and O–H groups in total. The number of likely N-dealkylation sites (N-methyl/N-ethyl adjacent to an activating group) is 1. The van der Waals surface area contributed by atoms with Crippen LogP contribution in [0, 0.1) is 0 Å².